The van der Waals surface area contributed by atoms with Crippen molar-refractivity contribution in [3.05, 3.63) is 42.2 Å². The third-order valence-corrected chi connectivity index (χ3v) is 4.85. The van der Waals surface area contributed by atoms with E-state index in [0.717, 1.165) is 55.4 Å². The summed E-state index contributed by atoms with van der Waals surface area (Å²) in [6.45, 7) is 2.53. The Hall–Kier alpha value is -2.83. The molecule has 7 heteroatoms. The number of amides is 1. The highest BCUT2D eigenvalue weighted by Crippen LogP contribution is 2.32. The number of nitrogens with one attached hydrogen (secondary N) is 1. The number of carbonyl (C=O) groups excluding carboxylic acids is 1. The molecule has 1 aromatic heterocycles. The Labute approximate surface area is 152 Å². The Kier molecular flexibility index (Phi) is 4.86. The topological polar surface area (TPSA) is 76.6 Å². The number of piperidine rings is 1. The smallest absolute Gasteiger partial charge is 0.231 e. The average molecular weight is 354 g/mol. The molecule has 1 fully saturated rings. The van der Waals surface area contributed by atoms with Crippen LogP contribution in [0.25, 0.3) is 0 Å². The number of hydrogen-bond donors (Lipinski definition) is 1. The lowest BCUT2D eigenvalue weighted by Gasteiger charge is -2.31. The SMILES string of the molecule is O=C(NCCc1ccc2c(c1)OCO2)C1CCN(c2ncccn2)CC1. The molecule has 0 radical (unpaired) electrons. The van der Waals surface area contributed by atoms with E-state index in [4.69, 9.17) is 9.47 Å². The molecule has 4 rings (SSSR count). The first-order valence-corrected chi connectivity index (χ1v) is 8.98. The van der Waals surface area contributed by atoms with Crippen molar-refractivity contribution >= 4 is 11.9 Å². The minimum Gasteiger partial charge on any atom is -0.454 e. The van der Waals surface area contributed by atoms with E-state index in [-0.39, 0.29) is 18.6 Å². The van der Waals surface area contributed by atoms with Gasteiger partial charge >= 0.3 is 0 Å². The zero-order valence-electron chi connectivity index (χ0n) is 14.6. The number of carbonyl (C=O) groups is 1. The zero-order valence-corrected chi connectivity index (χ0v) is 14.6. The molecule has 3 heterocycles. The number of anilines is 1. The van der Waals surface area contributed by atoms with Gasteiger partial charge in [-0.05, 0) is 43.0 Å². The molecule has 2 aliphatic rings. The van der Waals surface area contributed by atoms with Crippen LogP contribution in [0.2, 0.25) is 0 Å². The fourth-order valence-corrected chi connectivity index (χ4v) is 3.37. The van der Waals surface area contributed by atoms with Gasteiger partial charge in [-0.3, -0.25) is 4.79 Å². The van der Waals surface area contributed by atoms with Crippen molar-refractivity contribution < 1.29 is 14.3 Å². The highest BCUT2D eigenvalue weighted by Gasteiger charge is 2.25. The molecule has 26 heavy (non-hydrogen) atoms. The molecule has 136 valence electrons. The summed E-state index contributed by atoms with van der Waals surface area (Å²) in [5, 5.41) is 3.06. The van der Waals surface area contributed by atoms with Crippen molar-refractivity contribution in [2.45, 2.75) is 19.3 Å². The summed E-state index contributed by atoms with van der Waals surface area (Å²) in [4.78, 5) is 23.1. The van der Waals surface area contributed by atoms with Crippen LogP contribution in [0.4, 0.5) is 5.95 Å². The molecule has 1 N–H and O–H groups in total. The largest absolute Gasteiger partial charge is 0.454 e. The summed E-state index contributed by atoms with van der Waals surface area (Å²) in [6, 6.07) is 7.72. The van der Waals surface area contributed by atoms with Gasteiger partial charge in [-0.25, -0.2) is 9.97 Å². The molecule has 0 bridgehead atoms. The third-order valence-electron chi connectivity index (χ3n) is 4.85. The van der Waals surface area contributed by atoms with Crippen LogP contribution in [0.15, 0.2) is 36.7 Å². The van der Waals surface area contributed by atoms with Gasteiger partial charge in [-0.1, -0.05) is 6.07 Å². The molecule has 0 unspecified atom stereocenters. The van der Waals surface area contributed by atoms with E-state index in [2.05, 4.69) is 20.2 Å². The molecular formula is C19H22N4O3. The average Bonchev–Trinajstić information content (AvgIpc) is 3.16. The second-order valence-electron chi connectivity index (χ2n) is 6.54. The van der Waals surface area contributed by atoms with Crippen LogP contribution in [-0.2, 0) is 11.2 Å². The zero-order chi connectivity index (χ0) is 17.8. The predicted octanol–water partition coefficient (Wildman–Crippen LogP) is 1.78. The van der Waals surface area contributed by atoms with Gasteiger partial charge in [-0.2, -0.15) is 0 Å². The van der Waals surface area contributed by atoms with E-state index in [9.17, 15) is 4.79 Å². The Bertz CT molecular complexity index is 761. The molecule has 2 aliphatic heterocycles. The van der Waals surface area contributed by atoms with E-state index >= 15 is 0 Å². The highest BCUT2D eigenvalue weighted by molar-refractivity contribution is 5.78. The second kappa shape index (κ2) is 7.59. The van der Waals surface area contributed by atoms with Crippen molar-refractivity contribution in [3.8, 4) is 11.5 Å². The van der Waals surface area contributed by atoms with Gasteiger partial charge in [0.1, 0.15) is 0 Å². The normalized spacial score (nSPS) is 16.5. The molecule has 0 atom stereocenters. The summed E-state index contributed by atoms with van der Waals surface area (Å²) in [5.41, 5.74) is 1.13. The minimum absolute atomic E-state index is 0.0618. The number of rotatable bonds is 5. The molecule has 0 saturated carbocycles. The molecule has 1 amide bonds. The first kappa shape index (κ1) is 16.6. The van der Waals surface area contributed by atoms with Crippen molar-refractivity contribution in [1.29, 1.82) is 0 Å². The van der Waals surface area contributed by atoms with E-state index in [1.807, 2.05) is 24.3 Å². The van der Waals surface area contributed by atoms with Gasteiger partial charge in [-0.15, -0.1) is 0 Å². The second-order valence-corrected chi connectivity index (χ2v) is 6.54. The summed E-state index contributed by atoms with van der Waals surface area (Å²) >= 11 is 0. The van der Waals surface area contributed by atoms with Gasteiger partial charge in [0, 0.05) is 37.9 Å². The maximum absolute atomic E-state index is 12.4. The van der Waals surface area contributed by atoms with Gasteiger partial charge in [0.25, 0.3) is 0 Å². The van der Waals surface area contributed by atoms with Gasteiger partial charge in [0.05, 0.1) is 0 Å². The lowest BCUT2D eigenvalue weighted by Crippen LogP contribution is -2.41. The van der Waals surface area contributed by atoms with E-state index in [1.54, 1.807) is 12.4 Å². The van der Waals surface area contributed by atoms with Crippen LogP contribution in [0.1, 0.15) is 18.4 Å². The Morgan fingerprint density at radius 1 is 1.15 bits per heavy atom. The van der Waals surface area contributed by atoms with Crippen LogP contribution in [0.3, 0.4) is 0 Å². The summed E-state index contributed by atoms with van der Waals surface area (Å²) in [7, 11) is 0. The number of aromatic nitrogens is 2. The Balaban J connectivity index is 1.22. The maximum Gasteiger partial charge on any atom is 0.231 e. The predicted molar refractivity (Wildman–Crippen MR) is 96.2 cm³/mol. The Morgan fingerprint density at radius 2 is 1.92 bits per heavy atom. The van der Waals surface area contributed by atoms with Gasteiger partial charge in [0.15, 0.2) is 11.5 Å². The van der Waals surface area contributed by atoms with E-state index < -0.39 is 0 Å². The Morgan fingerprint density at radius 3 is 2.73 bits per heavy atom. The van der Waals surface area contributed by atoms with Crippen molar-refractivity contribution in [1.82, 2.24) is 15.3 Å². The molecule has 7 nitrogen and oxygen atoms in total. The molecular weight excluding hydrogens is 332 g/mol. The van der Waals surface area contributed by atoms with Crippen LogP contribution in [-0.4, -0.2) is 42.3 Å². The van der Waals surface area contributed by atoms with Crippen LogP contribution in [0, 0.1) is 5.92 Å². The lowest BCUT2D eigenvalue weighted by molar-refractivity contribution is -0.125. The van der Waals surface area contributed by atoms with Gasteiger partial charge < -0.3 is 19.7 Å². The number of benzene rings is 1. The molecule has 2 aromatic rings. The molecule has 0 aliphatic carbocycles. The molecule has 1 saturated heterocycles. The minimum atomic E-state index is 0.0618. The quantitative estimate of drug-likeness (QED) is 0.882. The molecule has 0 spiro atoms. The van der Waals surface area contributed by atoms with Crippen molar-refractivity contribution in [3.63, 3.8) is 0 Å². The highest BCUT2D eigenvalue weighted by atomic mass is 16.7. The maximum atomic E-state index is 12.4. The lowest BCUT2D eigenvalue weighted by atomic mass is 9.96. The number of nitrogens with zero attached hydrogens (tertiary/aromatic N) is 3. The van der Waals surface area contributed by atoms with Crippen molar-refractivity contribution in [2.24, 2.45) is 5.92 Å². The number of fused-ring (bicyclic) bond motifs is 1. The van der Waals surface area contributed by atoms with Gasteiger partial charge in [0.2, 0.25) is 18.6 Å². The van der Waals surface area contributed by atoms with Crippen LogP contribution in [0.5, 0.6) is 11.5 Å². The van der Waals surface area contributed by atoms with E-state index in [1.165, 1.54) is 0 Å². The van der Waals surface area contributed by atoms with Crippen LogP contribution < -0.4 is 19.7 Å². The first-order valence-electron chi connectivity index (χ1n) is 8.98. The summed E-state index contributed by atoms with van der Waals surface area (Å²) in [6.07, 6.45) is 5.93. The number of ether oxygens (including phenoxy) is 2. The fourth-order valence-electron chi connectivity index (χ4n) is 3.37. The summed E-state index contributed by atoms with van der Waals surface area (Å²) < 4.78 is 10.7. The third kappa shape index (κ3) is 3.71. The van der Waals surface area contributed by atoms with E-state index in [0.29, 0.717) is 6.54 Å². The van der Waals surface area contributed by atoms with Crippen LogP contribution >= 0.6 is 0 Å². The molecule has 1 aromatic carbocycles. The standard InChI is InChI=1S/C19H22N4O3/c24-18(15-5-10-23(11-6-15)19-21-7-1-8-22-19)20-9-4-14-2-3-16-17(12-14)26-13-25-16/h1-3,7-8,12,15H,4-6,9-11,13H2,(H,20,24). The van der Waals surface area contributed by atoms with Crippen molar-refractivity contribution in [2.75, 3.05) is 31.3 Å². The fraction of sp³-hybridized carbons (Fsp3) is 0.421. The number of hydrogen-bond acceptors (Lipinski definition) is 6. The monoisotopic (exact) mass is 354 g/mol. The first-order chi connectivity index (χ1) is 12.8. The summed E-state index contributed by atoms with van der Waals surface area (Å²) in [5.74, 6) is 2.51.